The van der Waals surface area contributed by atoms with Gasteiger partial charge in [-0.2, -0.15) is 0 Å². The Hall–Kier alpha value is -1.30. The first-order valence-electron chi connectivity index (χ1n) is 8.36. The van der Waals surface area contributed by atoms with Crippen molar-refractivity contribution in [1.82, 2.24) is 15.5 Å². The molecule has 0 aliphatic rings. The summed E-state index contributed by atoms with van der Waals surface area (Å²) in [5.41, 5.74) is 0.357. The van der Waals surface area contributed by atoms with Crippen molar-refractivity contribution in [2.24, 2.45) is 0 Å². The molecule has 0 saturated carbocycles. The lowest BCUT2D eigenvalue weighted by molar-refractivity contribution is -0.130. The zero-order valence-corrected chi connectivity index (χ0v) is 17.0. The number of hydrogen-bond donors (Lipinski definition) is 2. The van der Waals surface area contributed by atoms with Gasteiger partial charge in [-0.1, -0.05) is 37.0 Å². The molecule has 2 amide bonds. The highest BCUT2D eigenvalue weighted by Crippen LogP contribution is 2.27. The molecule has 140 valence electrons. The van der Waals surface area contributed by atoms with Gasteiger partial charge in [0.15, 0.2) is 0 Å². The van der Waals surface area contributed by atoms with Crippen molar-refractivity contribution in [3.05, 3.63) is 33.8 Å². The largest absolute Gasteiger partial charge is 0.350 e. The van der Waals surface area contributed by atoms with Gasteiger partial charge < -0.3 is 10.6 Å². The maximum atomic E-state index is 12.8. The monoisotopic (exact) mass is 387 g/mol. The van der Waals surface area contributed by atoms with E-state index in [1.807, 2.05) is 39.5 Å². The van der Waals surface area contributed by atoms with Gasteiger partial charge in [0.2, 0.25) is 11.8 Å². The van der Waals surface area contributed by atoms with Gasteiger partial charge in [-0.15, -0.1) is 0 Å². The van der Waals surface area contributed by atoms with Crippen LogP contribution in [-0.4, -0.2) is 41.9 Å². The minimum absolute atomic E-state index is 0.0812. The molecule has 0 aliphatic heterocycles. The van der Waals surface area contributed by atoms with Crippen LogP contribution in [-0.2, 0) is 9.59 Å². The van der Waals surface area contributed by atoms with Crippen molar-refractivity contribution >= 4 is 35.0 Å². The first-order valence-corrected chi connectivity index (χ1v) is 9.11. The number of likely N-dealkylation sites (N-methyl/N-ethyl adjacent to an activating group) is 1. The predicted molar refractivity (Wildman–Crippen MR) is 103 cm³/mol. The van der Waals surface area contributed by atoms with Crippen molar-refractivity contribution in [3.8, 4) is 0 Å². The van der Waals surface area contributed by atoms with Gasteiger partial charge in [0.05, 0.1) is 6.54 Å². The van der Waals surface area contributed by atoms with Gasteiger partial charge in [0.25, 0.3) is 0 Å². The molecule has 0 unspecified atom stereocenters. The van der Waals surface area contributed by atoms with E-state index in [1.54, 1.807) is 18.2 Å². The molecule has 1 rings (SSSR count). The van der Waals surface area contributed by atoms with Crippen LogP contribution in [0.15, 0.2) is 18.2 Å². The zero-order chi connectivity index (χ0) is 19.2. The second-order valence-electron chi connectivity index (χ2n) is 6.84. The van der Waals surface area contributed by atoms with Crippen LogP contribution in [0.5, 0.6) is 0 Å². The fraction of sp³-hybridized carbons (Fsp3) is 0.556. The summed E-state index contributed by atoms with van der Waals surface area (Å²) in [4.78, 5) is 26.7. The third kappa shape index (κ3) is 7.22. The Morgan fingerprint density at radius 2 is 1.60 bits per heavy atom. The quantitative estimate of drug-likeness (QED) is 0.753. The van der Waals surface area contributed by atoms with E-state index in [9.17, 15) is 9.59 Å². The Bertz CT molecular complexity index is 591. The standard InChI is InChI=1S/C18H27Cl2N3O2/c1-6-23(7-2)16(12-8-13(19)10-14(20)9-12)17(25)21-11-15(24)22-18(3,4)5/h8-10,16H,6-7,11H2,1-5H3,(H,21,25)(H,22,24)/t16-/m0/s1. The number of benzene rings is 1. The highest BCUT2D eigenvalue weighted by atomic mass is 35.5. The smallest absolute Gasteiger partial charge is 0.242 e. The molecule has 1 aromatic carbocycles. The first kappa shape index (κ1) is 21.7. The average Bonchev–Trinajstić information content (AvgIpc) is 2.47. The molecule has 0 heterocycles. The molecule has 0 aliphatic carbocycles. The Morgan fingerprint density at radius 1 is 1.08 bits per heavy atom. The number of halogens is 2. The summed E-state index contributed by atoms with van der Waals surface area (Å²) in [7, 11) is 0. The van der Waals surface area contributed by atoms with Crippen LogP contribution in [0.25, 0.3) is 0 Å². The van der Waals surface area contributed by atoms with Crippen LogP contribution in [0.1, 0.15) is 46.2 Å². The fourth-order valence-electron chi connectivity index (χ4n) is 2.58. The Labute approximate surface area is 160 Å². The molecule has 1 atom stereocenters. The Balaban J connectivity index is 2.96. The second-order valence-corrected chi connectivity index (χ2v) is 7.72. The maximum absolute atomic E-state index is 12.8. The van der Waals surface area contributed by atoms with Crippen LogP contribution < -0.4 is 10.6 Å². The Morgan fingerprint density at radius 3 is 2.04 bits per heavy atom. The van der Waals surface area contributed by atoms with E-state index >= 15 is 0 Å². The summed E-state index contributed by atoms with van der Waals surface area (Å²) in [5.74, 6) is -0.491. The van der Waals surface area contributed by atoms with Gasteiger partial charge in [-0.05, 0) is 57.6 Å². The third-order valence-corrected chi connectivity index (χ3v) is 4.00. The molecule has 7 heteroatoms. The van der Waals surface area contributed by atoms with Crippen LogP contribution in [0, 0.1) is 0 Å². The summed E-state index contributed by atoms with van der Waals surface area (Å²) < 4.78 is 0. The summed E-state index contributed by atoms with van der Waals surface area (Å²) in [5, 5.41) is 6.47. The van der Waals surface area contributed by atoms with E-state index in [0.717, 1.165) is 0 Å². The van der Waals surface area contributed by atoms with Crippen LogP contribution in [0.4, 0.5) is 0 Å². The van der Waals surface area contributed by atoms with E-state index < -0.39 is 6.04 Å². The molecule has 0 bridgehead atoms. The van der Waals surface area contributed by atoms with Gasteiger partial charge in [-0.25, -0.2) is 0 Å². The fourth-order valence-corrected chi connectivity index (χ4v) is 3.12. The second kappa shape index (κ2) is 9.41. The SMILES string of the molecule is CCN(CC)[C@H](C(=O)NCC(=O)NC(C)(C)C)c1cc(Cl)cc(Cl)c1. The molecule has 25 heavy (non-hydrogen) atoms. The number of hydrogen-bond acceptors (Lipinski definition) is 3. The third-order valence-electron chi connectivity index (χ3n) is 3.56. The van der Waals surface area contributed by atoms with E-state index in [1.165, 1.54) is 0 Å². The highest BCUT2D eigenvalue weighted by Gasteiger charge is 2.27. The minimum atomic E-state index is -0.561. The van der Waals surface area contributed by atoms with E-state index in [-0.39, 0.29) is 23.9 Å². The number of nitrogens with one attached hydrogen (secondary N) is 2. The lowest BCUT2D eigenvalue weighted by Gasteiger charge is -2.29. The topological polar surface area (TPSA) is 61.4 Å². The molecule has 2 N–H and O–H groups in total. The first-order chi connectivity index (χ1) is 11.6. The van der Waals surface area contributed by atoms with Crippen molar-refractivity contribution in [2.45, 2.75) is 46.2 Å². The van der Waals surface area contributed by atoms with Crippen molar-refractivity contribution in [2.75, 3.05) is 19.6 Å². The predicted octanol–water partition coefficient (Wildman–Crippen LogP) is 3.41. The molecule has 0 saturated heterocycles. The summed E-state index contributed by atoms with van der Waals surface area (Å²) in [6, 6.07) is 4.52. The summed E-state index contributed by atoms with van der Waals surface area (Å²) >= 11 is 12.2. The average molecular weight is 388 g/mol. The lowest BCUT2D eigenvalue weighted by Crippen LogP contribution is -2.48. The van der Waals surface area contributed by atoms with E-state index in [4.69, 9.17) is 23.2 Å². The molecule has 0 radical (unpaired) electrons. The van der Waals surface area contributed by atoms with Gasteiger partial charge in [0, 0.05) is 15.6 Å². The normalized spacial score (nSPS) is 12.8. The zero-order valence-electron chi connectivity index (χ0n) is 15.5. The van der Waals surface area contributed by atoms with Crippen molar-refractivity contribution < 1.29 is 9.59 Å². The van der Waals surface area contributed by atoms with Gasteiger partial charge >= 0.3 is 0 Å². The van der Waals surface area contributed by atoms with Crippen molar-refractivity contribution in [1.29, 1.82) is 0 Å². The molecular formula is C18H27Cl2N3O2. The van der Waals surface area contributed by atoms with Gasteiger partial charge in [0.1, 0.15) is 6.04 Å². The molecule has 0 aromatic heterocycles. The van der Waals surface area contributed by atoms with Crippen LogP contribution >= 0.6 is 23.2 Å². The summed E-state index contributed by atoms with van der Waals surface area (Å²) in [6.07, 6.45) is 0. The van der Waals surface area contributed by atoms with Crippen molar-refractivity contribution in [3.63, 3.8) is 0 Å². The molecule has 5 nitrogen and oxygen atoms in total. The molecule has 0 spiro atoms. The number of carbonyl (C=O) groups is 2. The number of rotatable bonds is 7. The maximum Gasteiger partial charge on any atom is 0.242 e. The lowest BCUT2D eigenvalue weighted by atomic mass is 10.0. The van der Waals surface area contributed by atoms with Crippen LogP contribution in [0.2, 0.25) is 10.0 Å². The molecule has 1 aromatic rings. The molecular weight excluding hydrogens is 361 g/mol. The van der Waals surface area contributed by atoms with Gasteiger partial charge in [-0.3, -0.25) is 14.5 Å². The van der Waals surface area contributed by atoms with Crippen LogP contribution in [0.3, 0.4) is 0 Å². The highest BCUT2D eigenvalue weighted by molar-refractivity contribution is 6.34. The molecule has 0 fully saturated rings. The number of carbonyl (C=O) groups excluding carboxylic acids is 2. The number of amides is 2. The van der Waals surface area contributed by atoms with E-state index in [2.05, 4.69) is 10.6 Å². The van der Waals surface area contributed by atoms with E-state index in [0.29, 0.717) is 28.7 Å². The summed E-state index contributed by atoms with van der Waals surface area (Å²) in [6.45, 7) is 10.9. The minimum Gasteiger partial charge on any atom is -0.350 e. The Kier molecular flexibility index (Phi) is 8.19. The number of nitrogens with zero attached hydrogens (tertiary/aromatic N) is 1.